The fourth-order valence-corrected chi connectivity index (χ4v) is 5.56. The number of rotatable bonds is 7. The molecule has 7 heteroatoms. The van der Waals surface area contributed by atoms with Gasteiger partial charge in [-0.3, -0.25) is 4.99 Å². The predicted molar refractivity (Wildman–Crippen MR) is 156 cm³/mol. The Morgan fingerprint density at radius 3 is 2.52 bits per heavy atom. The van der Waals surface area contributed by atoms with Gasteiger partial charge in [-0.1, -0.05) is 18.2 Å². The Hall–Kier alpha value is -4.31. The van der Waals surface area contributed by atoms with Gasteiger partial charge in [-0.2, -0.15) is 5.26 Å². The number of aliphatic imine (C=N–C) groups is 1. The first kappa shape index (κ1) is 27.3. The zero-order valence-electron chi connectivity index (χ0n) is 24.0. The van der Waals surface area contributed by atoms with Crippen molar-refractivity contribution in [3.05, 3.63) is 87.5 Å². The molecule has 2 aliphatic rings. The first-order valence-corrected chi connectivity index (χ1v) is 13.6. The molecule has 0 radical (unpaired) electrons. The van der Waals surface area contributed by atoms with Crippen molar-refractivity contribution in [2.45, 2.75) is 65.1 Å². The molecule has 2 aliphatic heterocycles. The summed E-state index contributed by atoms with van der Waals surface area (Å²) in [7, 11) is 1.38. The van der Waals surface area contributed by atoms with E-state index in [1.165, 1.54) is 12.7 Å². The summed E-state index contributed by atoms with van der Waals surface area (Å²) >= 11 is 0. The maximum Gasteiger partial charge on any atom is 0.339 e. The van der Waals surface area contributed by atoms with Gasteiger partial charge >= 0.3 is 5.97 Å². The van der Waals surface area contributed by atoms with Gasteiger partial charge in [0.05, 0.1) is 42.2 Å². The number of hydrogen-bond donors (Lipinski definition) is 1. The Morgan fingerprint density at radius 1 is 1.10 bits per heavy atom. The molecule has 0 aromatic heterocycles. The van der Waals surface area contributed by atoms with Crippen molar-refractivity contribution < 1.29 is 19.0 Å². The molecule has 0 aliphatic carbocycles. The first-order valence-electron chi connectivity index (χ1n) is 13.6. The van der Waals surface area contributed by atoms with Crippen LogP contribution in [-0.2, 0) is 24.1 Å². The van der Waals surface area contributed by atoms with E-state index in [1.807, 2.05) is 31.2 Å². The smallest absolute Gasteiger partial charge is 0.339 e. The van der Waals surface area contributed by atoms with Gasteiger partial charge in [0.2, 0.25) is 0 Å². The normalized spacial score (nSPS) is 16.1. The highest BCUT2D eigenvalue weighted by Gasteiger charge is 2.40. The van der Waals surface area contributed by atoms with Crippen LogP contribution < -0.4 is 14.8 Å². The fourth-order valence-electron chi connectivity index (χ4n) is 5.56. The van der Waals surface area contributed by atoms with Crippen LogP contribution in [0.15, 0.2) is 53.5 Å². The summed E-state index contributed by atoms with van der Waals surface area (Å²) in [5, 5.41) is 12.5. The molecular formula is C33H35N3O4. The molecule has 1 N–H and O–H groups in total. The molecule has 40 heavy (non-hydrogen) atoms. The minimum Gasteiger partial charge on any atom is -0.490 e. The van der Waals surface area contributed by atoms with Crippen molar-refractivity contribution >= 4 is 17.4 Å². The number of carbonyl (C=O) groups is 1. The molecule has 5 rings (SSSR count). The SMILES string of the molecule is CCOc1cc2c(c3c1OC(C)(C)C3)C(c1ccc(C(=O)OC)c(NCc3ccc(C#N)cc3)c1)=NC(C)(C)C2. The lowest BCUT2D eigenvalue weighted by atomic mass is 9.80. The third-order valence-corrected chi connectivity index (χ3v) is 7.25. The van der Waals surface area contributed by atoms with E-state index in [0.29, 0.717) is 30.0 Å². The van der Waals surface area contributed by atoms with Crippen molar-refractivity contribution in [1.82, 2.24) is 0 Å². The lowest BCUT2D eigenvalue weighted by Crippen LogP contribution is -2.30. The van der Waals surface area contributed by atoms with Crippen molar-refractivity contribution in [2.24, 2.45) is 4.99 Å². The molecule has 0 fully saturated rings. The Kier molecular flexibility index (Phi) is 7.05. The Bertz CT molecular complexity index is 1550. The Balaban J connectivity index is 1.61. The number of nitrogens with one attached hydrogen (secondary N) is 1. The Labute approximate surface area is 235 Å². The molecule has 2 heterocycles. The van der Waals surface area contributed by atoms with Gasteiger partial charge in [0.15, 0.2) is 11.5 Å². The maximum atomic E-state index is 12.7. The van der Waals surface area contributed by atoms with Gasteiger partial charge < -0.3 is 19.5 Å². The van der Waals surface area contributed by atoms with Gasteiger partial charge in [-0.15, -0.1) is 0 Å². The number of ether oxygens (including phenoxy) is 3. The van der Waals surface area contributed by atoms with Crippen LogP contribution in [0.5, 0.6) is 11.5 Å². The highest BCUT2D eigenvalue weighted by molar-refractivity contribution is 6.17. The number of esters is 1. The van der Waals surface area contributed by atoms with Crippen LogP contribution in [0.2, 0.25) is 0 Å². The quantitative estimate of drug-likeness (QED) is 0.359. The number of benzene rings is 3. The third kappa shape index (κ3) is 5.27. The minimum absolute atomic E-state index is 0.327. The highest BCUT2D eigenvalue weighted by atomic mass is 16.5. The van der Waals surface area contributed by atoms with Crippen LogP contribution in [-0.4, -0.2) is 36.5 Å². The van der Waals surface area contributed by atoms with Crippen LogP contribution >= 0.6 is 0 Å². The van der Waals surface area contributed by atoms with Crippen LogP contribution in [0, 0.1) is 11.3 Å². The van der Waals surface area contributed by atoms with E-state index in [9.17, 15) is 4.79 Å². The Morgan fingerprint density at radius 2 is 1.85 bits per heavy atom. The number of fused-ring (bicyclic) bond motifs is 3. The van der Waals surface area contributed by atoms with Crippen LogP contribution in [0.3, 0.4) is 0 Å². The first-order chi connectivity index (χ1) is 19.0. The summed E-state index contributed by atoms with van der Waals surface area (Å²) in [5.41, 5.74) is 7.17. The molecule has 0 amide bonds. The number of carbonyl (C=O) groups excluding carboxylic acids is 1. The molecule has 0 saturated heterocycles. The largest absolute Gasteiger partial charge is 0.490 e. The van der Waals surface area contributed by atoms with Crippen molar-refractivity contribution in [3.63, 3.8) is 0 Å². The van der Waals surface area contributed by atoms with E-state index in [0.717, 1.165) is 52.3 Å². The van der Waals surface area contributed by atoms with Gasteiger partial charge in [-0.05, 0) is 82.5 Å². The molecule has 3 aromatic carbocycles. The van der Waals surface area contributed by atoms with E-state index in [-0.39, 0.29) is 11.1 Å². The second-order valence-electron chi connectivity index (χ2n) is 11.6. The predicted octanol–water partition coefficient (Wildman–Crippen LogP) is 6.24. The molecule has 206 valence electrons. The van der Waals surface area contributed by atoms with E-state index in [2.05, 4.69) is 45.1 Å². The lowest BCUT2D eigenvalue weighted by molar-refractivity contribution is 0.0601. The van der Waals surface area contributed by atoms with Crippen molar-refractivity contribution in [1.29, 1.82) is 5.26 Å². The second-order valence-corrected chi connectivity index (χ2v) is 11.6. The molecule has 0 atom stereocenters. The molecule has 7 nitrogen and oxygen atoms in total. The number of anilines is 1. The maximum absolute atomic E-state index is 12.7. The summed E-state index contributed by atoms with van der Waals surface area (Å²) < 4.78 is 17.5. The summed E-state index contributed by atoms with van der Waals surface area (Å²) in [6.45, 7) is 11.5. The zero-order chi connectivity index (χ0) is 28.7. The highest BCUT2D eigenvalue weighted by Crippen LogP contribution is 2.48. The molecule has 0 saturated carbocycles. The number of methoxy groups -OCH3 is 1. The average Bonchev–Trinajstić information content (AvgIpc) is 3.25. The van der Waals surface area contributed by atoms with Crippen molar-refractivity contribution in [3.8, 4) is 17.6 Å². The summed E-state index contributed by atoms with van der Waals surface area (Å²) in [6, 6.07) is 17.3. The standard InChI is InChI=1S/C33H35N3O4/c1-7-39-27-15-23-16-32(2,3)36-29(28(23)25-17-33(4,5)40-30(25)27)22-12-13-24(31(37)38-6)26(14-22)35-19-21-10-8-20(18-34)9-11-21/h8-15,35H,7,16-17,19H2,1-6H3. The van der Waals surface area contributed by atoms with E-state index in [4.69, 9.17) is 24.5 Å². The van der Waals surface area contributed by atoms with Gasteiger partial charge in [0.1, 0.15) is 5.60 Å². The van der Waals surface area contributed by atoms with Crippen LogP contribution in [0.4, 0.5) is 5.69 Å². The molecule has 3 aromatic rings. The van der Waals surface area contributed by atoms with E-state index in [1.54, 1.807) is 18.2 Å². The lowest BCUT2D eigenvalue weighted by Gasteiger charge is -2.31. The summed E-state index contributed by atoms with van der Waals surface area (Å²) in [6.07, 6.45) is 1.53. The monoisotopic (exact) mass is 537 g/mol. The number of hydrogen-bond acceptors (Lipinski definition) is 7. The van der Waals surface area contributed by atoms with Crippen LogP contribution in [0.1, 0.15) is 78.4 Å². The summed E-state index contributed by atoms with van der Waals surface area (Å²) in [4.78, 5) is 17.9. The van der Waals surface area contributed by atoms with E-state index < -0.39 is 5.97 Å². The third-order valence-electron chi connectivity index (χ3n) is 7.25. The van der Waals surface area contributed by atoms with Gasteiger partial charge in [0.25, 0.3) is 0 Å². The second kappa shape index (κ2) is 10.3. The number of nitriles is 1. The molecule has 0 unspecified atom stereocenters. The average molecular weight is 538 g/mol. The zero-order valence-corrected chi connectivity index (χ0v) is 24.0. The van der Waals surface area contributed by atoms with Gasteiger partial charge in [0, 0.05) is 35.3 Å². The summed E-state index contributed by atoms with van der Waals surface area (Å²) in [5.74, 6) is 1.16. The number of nitrogens with zero attached hydrogens (tertiary/aromatic N) is 2. The van der Waals surface area contributed by atoms with Gasteiger partial charge in [-0.25, -0.2) is 4.79 Å². The fraction of sp³-hybridized carbons (Fsp3) is 0.364. The molecule has 0 bridgehead atoms. The molecule has 0 spiro atoms. The van der Waals surface area contributed by atoms with E-state index >= 15 is 0 Å². The topological polar surface area (TPSA) is 92.9 Å². The molecular weight excluding hydrogens is 502 g/mol. The minimum atomic E-state index is -0.419. The van der Waals surface area contributed by atoms with Crippen LogP contribution in [0.25, 0.3) is 0 Å². The van der Waals surface area contributed by atoms with Crippen molar-refractivity contribution in [2.75, 3.05) is 19.0 Å².